The molecule has 0 radical (unpaired) electrons. The minimum atomic E-state index is 0.753. The van der Waals surface area contributed by atoms with Crippen molar-refractivity contribution in [2.75, 3.05) is 7.11 Å². The van der Waals surface area contributed by atoms with Crippen molar-refractivity contribution in [1.82, 2.24) is 4.98 Å². The minimum Gasteiger partial charge on any atom is -0.497 e. The summed E-state index contributed by atoms with van der Waals surface area (Å²) < 4.78 is 6.24. The van der Waals surface area contributed by atoms with Gasteiger partial charge in [0.15, 0.2) is 0 Å². The number of nitrogens with zero attached hydrogens (tertiary/aromatic N) is 1. The van der Waals surface area contributed by atoms with Crippen LogP contribution >= 0.6 is 0 Å². The number of H-pyrrole nitrogens is 1. The molecule has 0 atom stereocenters. The van der Waals surface area contributed by atoms with Crippen molar-refractivity contribution >= 4 is 11.0 Å². The molecule has 0 bridgehead atoms. The molecule has 3 rings (SSSR count). The van der Waals surface area contributed by atoms with Gasteiger partial charge in [-0.1, -0.05) is 0 Å². The predicted molar refractivity (Wildman–Crippen MR) is 67.7 cm³/mol. The second kappa shape index (κ2) is 4.07. The van der Waals surface area contributed by atoms with Gasteiger partial charge < -0.3 is 9.72 Å². The van der Waals surface area contributed by atoms with Gasteiger partial charge in [-0.15, -0.1) is 0 Å². The van der Waals surface area contributed by atoms with Crippen LogP contribution in [0.2, 0.25) is 0 Å². The maximum atomic E-state index is 9.69. The second-order valence-electron chi connectivity index (χ2n) is 4.06. The zero-order valence-corrected chi connectivity index (χ0v) is 9.92. The zero-order valence-electron chi connectivity index (χ0n) is 9.92. The van der Waals surface area contributed by atoms with Crippen molar-refractivity contribution in [1.29, 1.82) is 0 Å². The van der Waals surface area contributed by atoms with E-state index in [4.69, 9.17) is 4.74 Å². The van der Waals surface area contributed by atoms with Crippen LogP contribution in [0.5, 0.6) is 5.75 Å². The third-order valence-corrected chi connectivity index (χ3v) is 2.96. The summed E-state index contributed by atoms with van der Waals surface area (Å²) in [4.78, 5) is 3.27. The number of fused-ring (bicyclic) bond motifs is 1. The molecule has 0 aliphatic carbocycles. The van der Waals surface area contributed by atoms with Crippen LogP contribution in [0.15, 0.2) is 48.7 Å². The Morgan fingerprint density at radius 1 is 1.17 bits per heavy atom. The van der Waals surface area contributed by atoms with E-state index in [0.717, 1.165) is 32.8 Å². The van der Waals surface area contributed by atoms with Crippen molar-refractivity contribution in [3.8, 4) is 17.0 Å². The van der Waals surface area contributed by atoms with Gasteiger partial charge in [0.1, 0.15) is 11.3 Å². The molecule has 18 heavy (non-hydrogen) atoms. The zero-order chi connectivity index (χ0) is 12.5. The Labute approximate surface area is 104 Å². The van der Waals surface area contributed by atoms with Gasteiger partial charge in [0.25, 0.3) is 5.52 Å². The lowest BCUT2D eigenvalue weighted by molar-refractivity contribution is -0.884. The van der Waals surface area contributed by atoms with E-state index in [-0.39, 0.29) is 0 Å². The summed E-state index contributed by atoms with van der Waals surface area (Å²) in [6, 6.07) is 13.4. The van der Waals surface area contributed by atoms with E-state index < -0.39 is 0 Å². The fraction of sp³-hybridized carbons (Fsp3) is 0.0714. The molecule has 0 saturated carbocycles. The molecule has 4 heteroatoms. The van der Waals surface area contributed by atoms with Gasteiger partial charge in [-0.05, 0) is 35.9 Å². The SMILES string of the molecule is COc1ccc(-c2cc3c(ccc[n+]3O)[nH]2)cc1. The minimum absolute atomic E-state index is 0.753. The van der Waals surface area contributed by atoms with Gasteiger partial charge in [0.2, 0.25) is 6.20 Å². The first kappa shape index (κ1) is 10.7. The monoisotopic (exact) mass is 241 g/mol. The molecular weight excluding hydrogens is 228 g/mol. The van der Waals surface area contributed by atoms with Crippen LogP contribution in [0, 0.1) is 0 Å². The first-order valence-corrected chi connectivity index (χ1v) is 5.65. The Balaban J connectivity index is 2.10. The molecule has 1 aromatic carbocycles. The fourth-order valence-electron chi connectivity index (χ4n) is 2.00. The lowest BCUT2D eigenvalue weighted by Gasteiger charge is -2.00. The van der Waals surface area contributed by atoms with E-state index in [1.165, 1.54) is 0 Å². The molecule has 90 valence electrons. The number of rotatable bonds is 2. The summed E-state index contributed by atoms with van der Waals surface area (Å²) in [5, 5.41) is 9.69. The lowest BCUT2D eigenvalue weighted by Crippen LogP contribution is -2.29. The second-order valence-corrected chi connectivity index (χ2v) is 4.06. The normalized spacial score (nSPS) is 10.7. The van der Waals surface area contributed by atoms with Gasteiger partial charge in [-0.2, -0.15) is 0 Å². The van der Waals surface area contributed by atoms with Crippen molar-refractivity contribution < 1.29 is 14.7 Å². The standard InChI is InChI=1S/C14H12N2O2/c1-18-11-6-4-10(5-7-11)13-9-14-12(15-13)3-2-8-16(14)17/h2-9,17H,1H3/p+1. The number of aromatic nitrogens is 2. The third-order valence-electron chi connectivity index (χ3n) is 2.96. The van der Waals surface area contributed by atoms with E-state index in [9.17, 15) is 5.21 Å². The van der Waals surface area contributed by atoms with Crippen LogP contribution in [0.3, 0.4) is 0 Å². The summed E-state index contributed by atoms with van der Waals surface area (Å²) in [6.07, 6.45) is 1.61. The van der Waals surface area contributed by atoms with Crippen LogP contribution in [-0.4, -0.2) is 17.3 Å². The van der Waals surface area contributed by atoms with Crippen LogP contribution in [0.1, 0.15) is 0 Å². The maximum Gasteiger partial charge on any atom is 0.282 e. The molecule has 0 aliphatic rings. The molecule has 2 aromatic heterocycles. The maximum absolute atomic E-state index is 9.69. The van der Waals surface area contributed by atoms with Crippen LogP contribution < -0.4 is 9.47 Å². The largest absolute Gasteiger partial charge is 0.497 e. The summed E-state index contributed by atoms with van der Waals surface area (Å²) in [5.41, 5.74) is 3.66. The van der Waals surface area contributed by atoms with E-state index in [1.54, 1.807) is 19.4 Å². The molecule has 0 amide bonds. The number of hydrogen-bond donors (Lipinski definition) is 2. The highest BCUT2D eigenvalue weighted by Crippen LogP contribution is 2.24. The highest BCUT2D eigenvalue weighted by molar-refractivity contribution is 5.80. The van der Waals surface area contributed by atoms with Crippen LogP contribution in [0.4, 0.5) is 0 Å². The van der Waals surface area contributed by atoms with Gasteiger partial charge in [0.05, 0.1) is 12.8 Å². The molecule has 0 fully saturated rings. The summed E-state index contributed by atoms with van der Waals surface area (Å²) in [5.74, 6) is 0.826. The molecule has 0 unspecified atom stereocenters. The highest BCUT2D eigenvalue weighted by atomic mass is 16.5. The molecule has 3 aromatic rings. The molecule has 2 heterocycles. The molecule has 4 nitrogen and oxygen atoms in total. The number of hydrogen-bond acceptors (Lipinski definition) is 2. The summed E-state index contributed by atoms with van der Waals surface area (Å²) >= 11 is 0. The highest BCUT2D eigenvalue weighted by Gasteiger charge is 2.12. The molecule has 0 spiro atoms. The van der Waals surface area contributed by atoms with E-state index >= 15 is 0 Å². The smallest absolute Gasteiger partial charge is 0.282 e. The van der Waals surface area contributed by atoms with Gasteiger partial charge >= 0.3 is 0 Å². The number of benzene rings is 1. The number of aromatic amines is 1. The van der Waals surface area contributed by atoms with Crippen molar-refractivity contribution in [2.24, 2.45) is 0 Å². The quantitative estimate of drug-likeness (QED) is 0.534. The first-order valence-electron chi connectivity index (χ1n) is 5.65. The summed E-state index contributed by atoms with van der Waals surface area (Å²) in [7, 11) is 1.65. The number of methoxy groups -OCH3 is 1. The number of ether oxygens (including phenoxy) is 1. The first-order chi connectivity index (χ1) is 8.78. The van der Waals surface area contributed by atoms with E-state index in [2.05, 4.69) is 4.98 Å². The Kier molecular flexibility index (Phi) is 2.41. The Bertz CT molecular complexity index is 687. The van der Waals surface area contributed by atoms with Gasteiger partial charge in [-0.3, -0.25) is 5.21 Å². The van der Waals surface area contributed by atoms with Crippen molar-refractivity contribution in [2.45, 2.75) is 0 Å². The van der Waals surface area contributed by atoms with Crippen molar-refractivity contribution in [3.63, 3.8) is 0 Å². The molecule has 0 saturated heterocycles. The predicted octanol–water partition coefficient (Wildman–Crippen LogP) is 2.37. The van der Waals surface area contributed by atoms with Crippen LogP contribution in [-0.2, 0) is 0 Å². The third kappa shape index (κ3) is 1.68. The van der Waals surface area contributed by atoms with Crippen LogP contribution in [0.25, 0.3) is 22.3 Å². The molecule has 0 aliphatic heterocycles. The van der Waals surface area contributed by atoms with Gasteiger partial charge in [0, 0.05) is 16.9 Å². The lowest BCUT2D eigenvalue weighted by atomic mass is 10.1. The fourth-order valence-corrected chi connectivity index (χ4v) is 2.00. The van der Waals surface area contributed by atoms with Crippen molar-refractivity contribution in [3.05, 3.63) is 48.7 Å². The average molecular weight is 241 g/mol. The van der Waals surface area contributed by atoms with E-state index in [0.29, 0.717) is 0 Å². The average Bonchev–Trinajstić information content (AvgIpc) is 2.84. The Morgan fingerprint density at radius 3 is 2.61 bits per heavy atom. The van der Waals surface area contributed by atoms with Gasteiger partial charge in [-0.25, -0.2) is 0 Å². The summed E-state index contributed by atoms with van der Waals surface area (Å²) in [6.45, 7) is 0. The number of nitrogens with one attached hydrogen (secondary N) is 1. The molecular formula is C14H13N2O2+. The Morgan fingerprint density at radius 2 is 1.94 bits per heavy atom. The topological polar surface area (TPSA) is 49.1 Å². The van der Waals surface area contributed by atoms with E-state index in [1.807, 2.05) is 36.4 Å². The molecule has 2 N–H and O–H groups in total. The Hall–Kier alpha value is -2.49. The number of pyridine rings is 1.